The molecule has 0 saturated heterocycles. The van der Waals surface area contributed by atoms with Gasteiger partial charge < -0.3 is 16.4 Å². The van der Waals surface area contributed by atoms with Crippen molar-refractivity contribution in [2.75, 3.05) is 24.1 Å². The van der Waals surface area contributed by atoms with Crippen LogP contribution < -0.4 is 16.4 Å². The lowest BCUT2D eigenvalue weighted by Crippen LogP contribution is -2.29. The van der Waals surface area contributed by atoms with E-state index in [2.05, 4.69) is 15.0 Å². The third kappa shape index (κ3) is 3.13. The van der Waals surface area contributed by atoms with Crippen molar-refractivity contribution < 1.29 is 13.2 Å². The number of hydrogen-bond donors (Lipinski definition) is 3. The molecule has 2 fully saturated rings. The number of carbonyl (C=O) groups excluding carboxylic acids is 1. The summed E-state index contributed by atoms with van der Waals surface area (Å²) < 4.78 is 28.6. The maximum atomic E-state index is 12.3. The van der Waals surface area contributed by atoms with Crippen LogP contribution >= 0.6 is 11.5 Å². The van der Waals surface area contributed by atoms with Gasteiger partial charge in [0.25, 0.3) is 0 Å². The van der Waals surface area contributed by atoms with Gasteiger partial charge in [-0.1, -0.05) is 0 Å². The molecule has 1 aromatic rings. The largest absolute Gasteiger partial charge is 0.382 e. The van der Waals surface area contributed by atoms with Gasteiger partial charge in [-0.3, -0.25) is 4.79 Å². The normalized spacial score (nSPS) is 18.5. The summed E-state index contributed by atoms with van der Waals surface area (Å²) in [4.78, 5) is 11.6. The van der Waals surface area contributed by atoms with Crippen LogP contribution in [-0.2, 0) is 14.6 Å². The fourth-order valence-corrected chi connectivity index (χ4v) is 4.99. The van der Waals surface area contributed by atoms with Crippen LogP contribution in [0.2, 0.25) is 0 Å². The predicted octanol–water partition coefficient (Wildman–Crippen LogP) is 0.599. The van der Waals surface area contributed by atoms with Crippen molar-refractivity contribution in [3.8, 4) is 0 Å². The van der Waals surface area contributed by atoms with Crippen molar-refractivity contribution >= 4 is 38.1 Å². The molecule has 2 saturated carbocycles. The molecule has 0 aliphatic heterocycles. The molecule has 1 amide bonds. The van der Waals surface area contributed by atoms with Crippen molar-refractivity contribution in [1.82, 2.24) is 9.69 Å². The number of anilines is 2. The smallest absolute Gasteiger partial charge is 0.223 e. The minimum Gasteiger partial charge on any atom is -0.382 e. The third-order valence-corrected chi connectivity index (χ3v) is 6.86. The van der Waals surface area contributed by atoms with E-state index in [0.717, 1.165) is 24.4 Å². The predicted molar refractivity (Wildman–Crippen MR) is 81.0 cm³/mol. The van der Waals surface area contributed by atoms with Gasteiger partial charge in [0.2, 0.25) is 5.91 Å². The van der Waals surface area contributed by atoms with E-state index in [1.807, 2.05) is 0 Å². The number of rotatable bonds is 7. The maximum Gasteiger partial charge on any atom is 0.223 e. The van der Waals surface area contributed by atoms with E-state index in [1.165, 1.54) is 0 Å². The van der Waals surface area contributed by atoms with Gasteiger partial charge in [-0.15, -0.1) is 0 Å². The van der Waals surface area contributed by atoms with E-state index in [4.69, 9.17) is 5.73 Å². The first-order chi connectivity index (χ1) is 10.00. The number of amides is 1. The van der Waals surface area contributed by atoms with Gasteiger partial charge >= 0.3 is 0 Å². The average molecular weight is 330 g/mol. The Morgan fingerprint density at radius 3 is 2.62 bits per heavy atom. The Morgan fingerprint density at radius 1 is 1.29 bits per heavy atom. The second-order valence-corrected chi connectivity index (χ2v) is 8.40. The van der Waals surface area contributed by atoms with Gasteiger partial charge in [-0.2, -0.15) is 4.37 Å². The minimum atomic E-state index is -3.37. The third-order valence-electron chi connectivity index (χ3n) is 3.58. The summed E-state index contributed by atoms with van der Waals surface area (Å²) in [6.45, 7) is 0.906. The summed E-state index contributed by atoms with van der Waals surface area (Å²) in [6.07, 6.45) is 3.31. The number of carbonyl (C=O) groups is 1. The zero-order valence-corrected chi connectivity index (χ0v) is 13.1. The zero-order chi connectivity index (χ0) is 15.0. The van der Waals surface area contributed by atoms with Crippen LogP contribution in [0.5, 0.6) is 0 Å². The monoisotopic (exact) mass is 330 g/mol. The number of sulfone groups is 1. The molecule has 1 aromatic heterocycles. The van der Waals surface area contributed by atoms with Gasteiger partial charge in [-0.05, 0) is 37.2 Å². The molecule has 2 aliphatic rings. The molecule has 3 rings (SSSR count). The van der Waals surface area contributed by atoms with Crippen molar-refractivity contribution in [2.45, 2.75) is 35.8 Å². The van der Waals surface area contributed by atoms with Gasteiger partial charge in [0.15, 0.2) is 15.7 Å². The lowest BCUT2D eigenvalue weighted by molar-refractivity contribution is -0.122. The van der Waals surface area contributed by atoms with Crippen LogP contribution in [0.1, 0.15) is 25.7 Å². The van der Waals surface area contributed by atoms with Gasteiger partial charge in [0.1, 0.15) is 9.90 Å². The fourth-order valence-electron chi connectivity index (χ4n) is 2.08. The van der Waals surface area contributed by atoms with Crippen molar-refractivity contribution in [2.24, 2.45) is 5.92 Å². The molecule has 4 N–H and O–H groups in total. The maximum absolute atomic E-state index is 12.3. The second-order valence-electron chi connectivity index (χ2n) is 5.46. The number of nitrogens with zero attached hydrogens (tertiary/aromatic N) is 1. The Balaban J connectivity index is 1.59. The Hall–Kier alpha value is -1.35. The molecule has 9 heteroatoms. The first kappa shape index (κ1) is 14.6. The van der Waals surface area contributed by atoms with Crippen molar-refractivity contribution in [3.63, 3.8) is 0 Å². The molecule has 0 bridgehead atoms. The molecule has 116 valence electrons. The summed E-state index contributed by atoms with van der Waals surface area (Å²) in [5, 5.41) is 6.00. The topological polar surface area (TPSA) is 114 Å². The van der Waals surface area contributed by atoms with E-state index in [-0.39, 0.29) is 27.8 Å². The van der Waals surface area contributed by atoms with Crippen LogP contribution in [-0.4, -0.2) is 37.0 Å². The van der Waals surface area contributed by atoms with Crippen LogP contribution in [0, 0.1) is 5.92 Å². The molecule has 1 heterocycles. The molecule has 0 spiro atoms. The van der Waals surface area contributed by atoms with Crippen LogP contribution in [0.3, 0.4) is 0 Å². The number of nitrogen functional groups attached to an aromatic ring is 1. The summed E-state index contributed by atoms with van der Waals surface area (Å²) in [5.74, 6) is 0.317. The van der Waals surface area contributed by atoms with Crippen LogP contribution in [0.15, 0.2) is 4.90 Å². The van der Waals surface area contributed by atoms with E-state index in [9.17, 15) is 13.2 Å². The Labute approximate surface area is 127 Å². The lowest BCUT2D eigenvalue weighted by Gasteiger charge is -2.08. The first-order valence-corrected chi connectivity index (χ1v) is 9.32. The summed E-state index contributed by atoms with van der Waals surface area (Å²) in [5.41, 5.74) is 5.70. The highest BCUT2D eigenvalue weighted by atomic mass is 32.2. The second kappa shape index (κ2) is 5.45. The summed E-state index contributed by atoms with van der Waals surface area (Å²) in [7, 11) is -3.37. The average Bonchev–Trinajstić information content (AvgIpc) is 3.31. The fraction of sp³-hybridized carbons (Fsp3) is 0.667. The van der Waals surface area contributed by atoms with Crippen molar-refractivity contribution in [1.29, 1.82) is 0 Å². The zero-order valence-electron chi connectivity index (χ0n) is 11.5. The van der Waals surface area contributed by atoms with Crippen molar-refractivity contribution in [3.05, 3.63) is 0 Å². The van der Waals surface area contributed by atoms with E-state index < -0.39 is 9.84 Å². The van der Waals surface area contributed by atoms with Crippen LogP contribution in [0.25, 0.3) is 0 Å². The number of nitrogens with two attached hydrogens (primary N) is 1. The molecule has 7 nitrogen and oxygen atoms in total. The first-order valence-electron chi connectivity index (χ1n) is 7.01. The van der Waals surface area contributed by atoms with E-state index in [1.54, 1.807) is 0 Å². The molecule has 0 atom stereocenters. The molecule has 21 heavy (non-hydrogen) atoms. The highest BCUT2D eigenvalue weighted by Gasteiger charge is 2.40. The Bertz CT molecular complexity index is 647. The molecule has 2 aliphatic carbocycles. The quantitative estimate of drug-likeness (QED) is 0.631. The number of nitrogens with one attached hydrogen (secondary N) is 2. The highest BCUT2D eigenvalue weighted by Crippen LogP contribution is 2.40. The molecule has 0 radical (unpaired) electrons. The van der Waals surface area contributed by atoms with Gasteiger partial charge in [-0.25, -0.2) is 8.42 Å². The highest BCUT2D eigenvalue weighted by molar-refractivity contribution is 7.92. The molecule has 0 unspecified atom stereocenters. The molecular formula is C12H18N4O3S2. The Kier molecular flexibility index (Phi) is 3.78. The standard InChI is InChI=1S/C12H18N4O3S2/c13-10-9(21(18,19)8-3-4-8)12(20-16-10)15-6-5-14-11(17)7-1-2-7/h7-8,15H,1-6H2,(H2,13,16)(H,14,17). The van der Waals surface area contributed by atoms with Gasteiger partial charge in [0, 0.05) is 19.0 Å². The summed E-state index contributed by atoms with van der Waals surface area (Å²) in [6, 6.07) is 0. The van der Waals surface area contributed by atoms with Gasteiger partial charge in [0.05, 0.1) is 5.25 Å². The number of hydrogen-bond acceptors (Lipinski definition) is 7. The molecular weight excluding hydrogens is 312 g/mol. The SMILES string of the molecule is Nc1nsc(NCCNC(=O)C2CC2)c1S(=O)(=O)C1CC1. The minimum absolute atomic E-state index is 0.0661. The van der Waals surface area contributed by atoms with E-state index in [0.29, 0.717) is 30.9 Å². The van der Waals surface area contributed by atoms with Crippen LogP contribution in [0.4, 0.5) is 10.8 Å². The Morgan fingerprint density at radius 2 is 2.00 bits per heavy atom. The lowest BCUT2D eigenvalue weighted by atomic mass is 10.4. The number of aromatic nitrogens is 1. The summed E-state index contributed by atoms with van der Waals surface area (Å²) >= 11 is 1.05. The molecule has 0 aromatic carbocycles. The van der Waals surface area contributed by atoms with E-state index >= 15 is 0 Å².